The van der Waals surface area contributed by atoms with E-state index in [9.17, 15) is 0 Å². The Kier molecular flexibility index (Phi) is 7.81. The molecule has 0 aromatic carbocycles. The van der Waals surface area contributed by atoms with Gasteiger partial charge in [0.15, 0.2) is 11.8 Å². The molecule has 1 aliphatic heterocycles. The summed E-state index contributed by atoms with van der Waals surface area (Å²) in [5.41, 5.74) is 0. The van der Waals surface area contributed by atoms with Gasteiger partial charge in [-0.25, -0.2) is 19.6 Å². The standard InChI is InChI=1S/C17H27N7S.HI/c1-5-18-17(20-9-15-19-8-12(4)25-15)21-13-6-7-14-22-16(11(2)3)23-24(14)10-13;/h8,11,13H,5-7,9-10H2,1-4H3,(H2,18,20,21);1H. The zero-order chi connectivity index (χ0) is 17.8. The van der Waals surface area contributed by atoms with Crippen molar-refractivity contribution in [1.82, 2.24) is 30.4 Å². The molecule has 0 saturated carbocycles. The maximum absolute atomic E-state index is 4.68. The fourth-order valence-electron chi connectivity index (χ4n) is 2.83. The number of hydrogen-bond donors (Lipinski definition) is 2. The molecule has 144 valence electrons. The molecule has 1 aliphatic rings. The molecule has 0 spiro atoms. The van der Waals surface area contributed by atoms with Crippen molar-refractivity contribution in [3.63, 3.8) is 0 Å². The van der Waals surface area contributed by atoms with Gasteiger partial charge in [0.25, 0.3) is 0 Å². The Balaban J connectivity index is 0.00000243. The summed E-state index contributed by atoms with van der Waals surface area (Å²) in [7, 11) is 0. The zero-order valence-corrected chi connectivity index (χ0v) is 19.0. The molecule has 3 rings (SSSR count). The van der Waals surface area contributed by atoms with Crippen molar-refractivity contribution in [2.45, 2.75) is 65.6 Å². The lowest BCUT2D eigenvalue weighted by Crippen LogP contribution is -2.47. The van der Waals surface area contributed by atoms with Crippen LogP contribution >= 0.6 is 35.3 Å². The summed E-state index contributed by atoms with van der Waals surface area (Å²) in [4.78, 5) is 14.9. The van der Waals surface area contributed by atoms with Crippen LogP contribution in [-0.4, -0.2) is 38.3 Å². The quantitative estimate of drug-likeness (QED) is 0.384. The molecule has 2 aromatic heterocycles. The van der Waals surface area contributed by atoms with Gasteiger partial charge in [-0.15, -0.1) is 35.3 Å². The van der Waals surface area contributed by atoms with Crippen molar-refractivity contribution in [3.8, 4) is 0 Å². The molecule has 0 saturated heterocycles. The predicted molar refractivity (Wildman–Crippen MR) is 116 cm³/mol. The van der Waals surface area contributed by atoms with Crippen LogP contribution in [0.2, 0.25) is 0 Å². The van der Waals surface area contributed by atoms with Crippen molar-refractivity contribution < 1.29 is 0 Å². The lowest BCUT2D eigenvalue weighted by molar-refractivity contribution is 0.391. The number of thiazole rings is 1. The van der Waals surface area contributed by atoms with E-state index in [0.717, 1.165) is 48.5 Å². The number of aliphatic imine (C=N–C) groups is 1. The second kappa shape index (κ2) is 9.63. The average Bonchev–Trinajstić information content (AvgIpc) is 3.18. The number of aromatic nitrogens is 4. The lowest BCUT2D eigenvalue weighted by atomic mass is 10.1. The van der Waals surface area contributed by atoms with Gasteiger partial charge in [-0.2, -0.15) is 5.10 Å². The molecule has 3 heterocycles. The second-order valence-electron chi connectivity index (χ2n) is 6.66. The van der Waals surface area contributed by atoms with Crippen LogP contribution in [0.15, 0.2) is 11.2 Å². The maximum Gasteiger partial charge on any atom is 0.191 e. The minimum absolute atomic E-state index is 0. The maximum atomic E-state index is 4.68. The summed E-state index contributed by atoms with van der Waals surface area (Å²) in [6.45, 7) is 10.7. The molecule has 2 aromatic rings. The van der Waals surface area contributed by atoms with Crippen LogP contribution in [0, 0.1) is 6.92 Å². The third-order valence-corrected chi connectivity index (χ3v) is 5.02. The third-order valence-electron chi connectivity index (χ3n) is 4.12. The second-order valence-corrected chi connectivity index (χ2v) is 7.98. The topological polar surface area (TPSA) is 80.0 Å². The predicted octanol–water partition coefficient (Wildman–Crippen LogP) is 2.85. The number of nitrogens with zero attached hydrogens (tertiary/aromatic N) is 5. The first-order chi connectivity index (χ1) is 12.0. The van der Waals surface area contributed by atoms with E-state index in [-0.39, 0.29) is 24.0 Å². The Hall–Kier alpha value is -1.23. The molecule has 7 nitrogen and oxygen atoms in total. The summed E-state index contributed by atoms with van der Waals surface area (Å²) < 4.78 is 2.05. The first kappa shape index (κ1) is 21.1. The highest BCUT2D eigenvalue weighted by Crippen LogP contribution is 2.17. The average molecular weight is 489 g/mol. The van der Waals surface area contributed by atoms with Crippen LogP contribution < -0.4 is 10.6 Å². The summed E-state index contributed by atoms with van der Waals surface area (Å²) in [6, 6.07) is 0.310. The number of aryl methyl sites for hydroxylation is 2. The van der Waals surface area contributed by atoms with Crippen LogP contribution in [-0.2, 0) is 19.5 Å². The van der Waals surface area contributed by atoms with E-state index in [4.69, 9.17) is 0 Å². The molecule has 1 atom stereocenters. The highest BCUT2D eigenvalue weighted by Gasteiger charge is 2.23. The molecular weight excluding hydrogens is 461 g/mol. The van der Waals surface area contributed by atoms with Crippen LogP contribution in [0.25, 0.3) is 0 Å². The van der Waals surface area contributed by atoms with Crippen molar-refractivity contribution >= 4 is 41.3 Å². The molecule has 0 aliphatic carbocycles. The molecule has 0 radical (unpaired) electrons. The van der Waals surface area contributed by atoms with Crippen LogP contribution in [0.3, 0.4) is 0 Å². The van der Waals surface area contributed by atoms with E-state index in [1.54, 1.807) is 11.3 Å². The van der Waals surface area contributed by atoms with Gasteiger partial charge in [0.05, 0.1) is 13.1 Å². The molecule has 1 unspecified atom stereocenters. The van der Waals surface area contributed by atoms with Gasteiger partial charge < -0.3 is 10.6 Å². The van der Waals surface area contributed by atoms with E-state index in [2.05, 4.69) is 58.4 Å². The van der Waals surface area contributed by atoms with E-state index in [1.807, 2.05) is 10.9 Å². The molecular formula is C17H28IN7S. The van der Waals surface area contributed by atoms with Gasteiger partial charge in [0.2, 0.25) is 0 Å². The highest BCUT2D eigenvalue weighted by atomic mass is 127. The van der Waals surface area contributed by atoms with Gasteiger partial charge in [0, 0.05) is 36.0 Å². The van der Waals surface area contributed by atoms with Gasteiger partial charge in [-0.1, -0.05) is 13.8 Å². The summed E-state index contributed by atoms with van der Waals surface area (Å²) in [5, 5.41) is 12.6. The SMILES string of the molecule is CCNC(=NCc1ncc(C)s1)NC1CCc2nc(C(C)C)nn2C1.I. The minimum Gasteiger partial charge on any atom is -0.357 e. The number of guanidine groups is 1. The fourth-order valence-corrected chi connectivity index (χ4v) is 3.54. The Morgan fingerprint density at radius 2 is 2.27 bits per heavy atom. The summed E-state index contributed by atoms with van der Waals surface area (Å²) >= 11 is 1.69. The minimum atomic E-state index is 0. The van der Waals surface area contributed by atoms with E-state index < -0.39 is 0 Å². The van der Waals surface area contributed by atoms with Gasteiger partial charge >= 0.3 is 0 Å². The zero-order valence-electron chi connectivity index (χ0n) is 15.8. The Bertz CT molecular complexity index is 737. The lowest BCUT2D eigenvalue weighted by Gasteiger charge is -2.25. The normalized spacial score (nSPS) is 17.0. The highest BCUT2D eigenvalue weighted by molar-refractivity contribution is 14.0. The first-order valence-electron chi connectivity index (χ1n) is 8.95. The summed E-state index contributed by atoms with van der Waals surface area (Å²) in [6.07, 6.45) is 3.88. The largest absolute Gasteiger partial charge is 0.357 e. The molecule has 0 amide bonds. The summed E-state index contributed by atoms with van der Waals surface area (Å²) in [5.74, 6) is 3.25. The Labute approximate surface area is 176 Å². The number of fused-ring (bicyclic) bond motifs is 1. The van der Waals surface area contributed by atoms with Gasteiger partial charge in [-0.3, -0.25) is 0 Å². The molecule has 2 N–H and O–H groups in total. The first-order valence-corrected chi connectivity index (χ1v) is 9.76. The molecule has 0 bridgehead atoms. The van der Waals surface area contributed by atoms with Crippen molar-refractivity contribution in [3.05, 3.63) is 27.7 Å². The monoisotopic (exact) mass is 489 g/mol. The van der Waals surface area contributed by atoms with E-state index in [1.165, 1.54) is 4.88 Å². The van der Waals surface area contributed by atoms with Crippen molar-refractivity contribution in [2.75, 3.05) is 6.54 Å². The number of hydrogen-bond acceptors (Lipinski definition) is 5. The van der Waals surface area contributed by atoms with Crippen molar-refractivity contribution in [2.24, 2.45) is 4.99 Å². The van der Waals surface area contributed by atoms with Crippen LogP contribution in [0.5, 0.6) is 0 Å². The Morgan fingerprint density at radius 3 is 2.92 bits per heavy atom. The van der Waals surface area contributed by atoms with Crippen LogP contribution in [0.4, 0.5) is 0 Å². The van der Waals surface area contributed by atoms with E-state index in [0.29, 0.717) is 18.5 Å². The Morgan fingerprint density at radius 1 is 1.46 bits per heavy atom. The smallest absolute Gasteiger partial charge is 0.191 e. The van der Waals surface area contributed by atoms with Gasteiger partial charge in [-0.05, 0) is 20.3 Å². The van der Waals surface area contributed by atoms with Gasteiger partial charge in [0.1, 0.15) is 10.8 Å². The van der Waals surface area contributed by atoms with Crippen LogP contribution in [0.1, 0.15) is 54.6 Å². The molecule has 26 heavy (non-hydrogen) atoms. The number of halogens is 1. The molecule has 9 heteroatoms. The third kappa shape index (κ3) is 5.38. The number of rotatable bonds is 5. The fraction of sp³-hybridized carbons (Fsp3) is 0.647. The number of nitrogens with one attached hydrogen (secondary N) is 2. The van der Waals surface area contributed by atoms with Crippen molar-refractivity contribution in [1.29, 1.82) is 0 Å². The van der Waals surface area contributed by atoms with E-state index >= 15 is 0 Å². The molecule has 0 fully saturated rings.